The molecule has 2 amide bonds. The Bertz CT molecular complexity index is 1440. The topological polar surface area (TPSA) is 86.8 Å². The van der Waals surface area contributed by atoms with Gasteiger partial charge in [0, 0.05) is 17.6 Å². The predicted octanol–water partition coefficient (Wildman–Crippen LogP) is 6.56. The van der Waals surface area contributed by atoms with Crippen molar-refractivity contribution in [3.05, 3.63) is 93.4 Å². The van der Waals surface area contributed by atoms with Gasteiger partial charge >= 0.3 is 0 Å². The maximum absolute atomic E-state index is 14.1. The molecule has 0 aliphatic heterocycles. The summed E-state index contributed by atoms with van der Waals surface area (Å²) in [6, 6.07) is 18.1. The van der Waals surface area contributed by atoms with Crippen LogP contribution in [-0.2, 0) is 26.2 Å². The maximum Gasteiger partial charge on any atom is 0.264 e. The summed E-state index contributed by atoms with van der Waals surface area (Å²) < 4.78 is 28.6. The van der Waals surface area contributed by atoms with E-state index in [0.717, 1.165) is 4.31 Å². The average molecular weight is 625 g/mol. The molecule has 2 atom stereocenters. The zero-order valence-corrected chi connectivity index (χ0v) is 25.6. The summed E-state index contributed by atoms with van der Waals surface area (Å²) in [5.74, 6) is -0.916. The Morgan fingerprint density at radius 2 is 1.50 bits per heavy atom. The molecule has 0 fully saturated rings. The molecule has 0 aliphatic rings. The lowest BCUT2D eigenvalue weighted by Crippen LogP contribution is -2.53. The standard InChI is InChI=1S/C29H32Cl3N3O4S/c1-4-20(3)33-29(37)27(5-2)34(18-21-11-9-10-14-24(21)30)28(36)19-35(22-15-16-25(31)26(32)17-22)40(38,39)23-12-7-6-8-13-23/h6-17,20,27H,4-5,18-19H2,1-3H3,(H,33,37)/t20-,27-/m1/s1. The fraction of sp³-hybridized carbons (Fsp3) is 0.310. The molecular formula is C29H32Cl3N3O4S. The Morgan fingerprint density at radius 1 is 0.850 bits per heavy atom. The molecule has 7 nitrogen and oxygen atoms in total. The molecule has 0 saturated heterocycles. The third-order valence-electron chi connectivity index (χ3n) is 6.49. The van der Waals surface area contributed by atoms with Gasteiger partial charge in [0.2, 0.25) is 11.8 Å². The van der Waals surface area contributed by atoms with E-state index in [-0.39, 0.29) is 39.1 Å². The number of sulfonamides is 1. The maximum atomic E-state index is 14.1. The van der Waals surface area contributed by atoms with Crippen molar-refractivity contribution in [3.8, 4) is 0 Å². The molecule has 214 valence electrons. The van der Waals surface area contributed by atoms with Crippen molar-refractivity contribution in [2.45, 2.75) is 57.1 Å². The van der Waals surface area contributed by atoms with Crippen LogP contribution in [0.15, 0.2) is 77.7 Å². The van der Waals surface area contributed by atoms with Crippen molar-refractivity contribution in [2.24, 2.45) is 0 Å². The molecule has 0 unspecified atom stereocenters. The van der Waals surface area contributed by atoms with E-state index in [1.807, 2.05) is 13.8 Å². The van der Waals surface area contributed by atoms with Gasteiger partial charge in [0.05, 0.1) is 20.6 Å². The lowest BCUT2D eigenvalue weighted by atomic mass is 10.1. The first kappa shape index (κ1) is 31.7. The van der Waals surface area contributed by atoms with E-state index in [1.165, 1.54) is 35.2 Å². The number of halogens is 3. The summed E-state index contributed by atoms with van der Waals surface area (Å²) in [5, 5.41) is 3.74. The van der Waals surface area contributed by atoms with Gasteiger partial charge in [-0.05, 0) is 61.7 Å². The first-order chi connectivity index (χ1) is 19.0. The number of nitrogens with one attached hydrogen (secondary N) is 1. The summed E-state index contributed by atoms with van der Waals surface area (Å²) in [7, 11) is -4.21. The minimum Gasteiger partial charge on any atom is -0.352 e. The van der Waals surface area contributed by atoms with E-state index in [9.17, 15) is 18.0 Å². The van der Waals surface area contributed by atoms with Crippen molar-refractivity contribution in [2.75, 3.05) is 10.8 Å². The molecular weight excluding hydrogens is 593 g/mol. The van der Waals surface area contributed by atoms with Crippen molar-refractivity contribution in [3.63, 3.8) is 0 Å². The van der Waals surface area contributed by atoms with Crippen LogP contribution < -0.4 is 9.62 Å². The van der Waals surface area contributed by atoms with Gasteiger partial charge in [0.15, 0.2) is 0 Å². The molecule has 3 rings (SSSR count). The van der Waals surface area contributed by atoms with Crippen LogP contribution in [0.5, 0.6) is 0 Å². The van der Waals surface area contributed by atoms with E-state index >= 15 is 0 Å². The van der Waals surface area contributed by atoms with Crippen LogP contribution in [0.25, 0.3) is 0 Å². The van der Waals surface area contributed by atoms with Gasteiger partial charge in [-0.1, -0.05) is 85.0 Å². The summed E-state index contributed by atoms with van der Waals surface area (Å²) in [4.78, 5) is 28.8. The van der Waals surface area contributed by atoms with E-state index in [4.69, 9.17) is 34.8 Å². The summed E-state index contributed by atoms with van der Waals surface area (Å²) in [5.41, 5.74) is 0.778. The number of hydrogen-bond acceptors (Lipinski definition) is 4. The molecule has 0 saturated carbocycles. The van der Waals surface area contributed by atoms with Crippen molar-refractivity contribution < 1.29 is 18.0 Å². The molecule has 11 heteroatoms. The third kappa shape index (κ3) is 7.69. The van der Waals surface area contributed by atoms with Gasteiger partial charge in [-0.25, -0.2) is 8.42 Å². The highest BCUT2D eigenvalue weighted by molar-refractivity contribution is 7.92. The molecule has 0 heterocycles. The number of carbonyl (C=O) groups is 2. The smallest absolute Gasteiger partial charge is 0.264 e. The van der Waals surface area contributed by atoms with Gasteiger partial charge in [-0.2, -0.15) is 0 Å². The predicted molar refractivity (Wildman–Crippen MR) is 161 cm³/mol. The number of nitrogens with zero attached hydrogens (tertiary/aromatic N) is 2. The fourth-order valence-corrected chi connectivity index (χ4v) is 5.97. The molecule has 0 spiro atoms. The van der Waals surface area contributed by atoms with E-state index in [1.54, 1.807) is 49.4 Å². The summed E-state index contributed by atoms with van der Waals surface area (Å²) in [6.45, 7) is 5.04. The zero-order chi connectivity index (χ0) is 29.4. The Hall–Kier alpha value is -2.78. The van der Waals surface area contributed by atoms with Crippen LogP contribution in [0.2, 0.25) is 15.1 Å². The number of amides is 2. The first-order valence-corrected chi connectivity index (χ1v) is 15.4. The first-order valence-electron chi connectivity index (χ1n) is 12.9. The van der Waals surface area contributed by atoms with E-state index in [2.05, 4.69) is 5.32 Å². The molecule has 0 radical (unpaired) electrons. The molecule has 3 aromatic rings. The highest BCUT2D eigenvalue weighted by Crippen LogP contribution is 2.31. The van der Waals surface area contributed by atoms with Crippen LogP contribution in [0.4, 0.5) is 5.69 Å². The van der Waals surface area contributed by atoms with Crippen LogP contribution in [0, 0.1) is 0 Å². The number of carbonyl (C=O) groups excluding carboxylic acids is 2. The SMILES string of the molecule is CC[C@@H](C)NC(=O)[C@@H](CC)N(Cc1ccccc1Cl)C(=O)CN(c1ccc(Cl)c(Cl)c1)S(=O)(=O)c1ccccc1. The van der Waals surface area contributed by atoms with Crippen molar-refractivity contribution in [1.82, 2.24) is 10.2 Å². The Labute approximate surface area is 251 Å². The lowest BCUT2D eigenvalue weighted by Gasteiger charge is -2.34. The van der Waals surface area contributed by atoms with Crippen LogP contribution >= 0.6 is 34.8 Å². The van der Waals surface area contributed by atoms with Crippen LogP contribution in [-0.4, -0.2) is 43.8 Å². The Balaban J connectivity index is 2.08. The second-order valence-electron chi connectivity index (χ2n) is 9.28. The fourth-order valence-electron chi connectivity index (χ4n) is 4.06. The Morgan fingerprint density at radius 3 is 2.10 bits per heavy atom. The zero-order valence-electron chi connectivity index (χ0n) is 22.5. The van der Waals surface area contributed by atoms with Gasteiger partial charge in [-0.15, -0.1) is 0 Å². The van der Waals surface area contributed by atoms with Gasteiger partial charge in [0.1, 0.15) is 12.6 Å². The quantitative estimate of drug-likeness (QED) is 0.247. The lowest BCUT2D eigenvalue weighted by molar-refractivity contribution is -0.140. The molecule has 0 aliphatic carbocycles. The van der Waals surface area contributed by atoms with Gasteiger partial charge < -0.3 is 10.2 Å². The summed E-state index contributed by atoms with van der Waals surface area (Å²) in [6.07, 6.45) is 1.01. The second-order valence-corrected chi connectivity index (χ2v) is 12.4. The molecule has 3 aromatic carbocycles. The van der Waals surface area contributed by atoms with Crippen LogP contribution in [0.3, 0.4) is 0 Å². The Kier molecular flexibility index (Phi) is 11.3. The average Bonchev–Trinajstić information content (AvgIpc) is 2.94. The normalized spacial score (nSPS) is 12.8. The van der Waals surface area contributed by atoms with Gasteiger partial charge in [-0.3, -0.25) is 13.9 Å². The third-order valence-corrected chi connectivity index (χ3v) is 9.38. The molecule has 0 aromatic heterocycles. The summed E-state index contributed by atoms with van der Waals surface area (Å²) >= 11 is 18.8. The van der Waals surface area contributed by atoms with E-state index in [0.29, 0.717) is 23.4 Å². The largest absolute Gasteiger partial charge is 0.352 e. The minimum absolute atomic E-state index is 0.00549. The number of rotatable bonds is 12. The number of hydrogen-bond donors (Lipinski definition) is 1. The second kappa shape index (κ2) is 14.2. The highest BCUT2D eigenvalue weighted by atomic mass is 35.5. The monoisotopic (exact) mass is 623 g/mol. The van der Waals surface area contributed by atoms with Gasteiger partial charge in [0.25, 0.3) is 10.0 Å². The molecule has 40 heavy (non-hydrogen) atoms. The van der Waals surface area contributed by atoms with Crippen molar-refractivity contribution >= 4 is 62.3 Å². The molecule has 0 bridgehead atoms. The van der Waals surface area contributed by atoms with Crippen LogP contribution in [0.1, 0.15) is 39.2 Å². The molecule has 1 N–H and O–H groups in total. The highest BCUT2D eigenvalue weighted by Gasteiger charge is 2.34. The number of benzene rings is 3. The number of anilines is 1. The van der Waals surface area contributed by atoms with Crippen molar-refractivity contribution in [1.29, 1.82) is 0 Å². The van der Waals surface area contributed by atoms with E-state index < -0.39 is 28.5 Å². The minimum atomic E-state index is -4.21.